The van der Waals surface area contributed by atoms with E-state index in [1.165, 1.54) is 5.56 Å². The highest BCUT2D eigenvalue weighted by Gasteiger charge is 2.16. The molecular formula is C17H19ClN2O. The minimum atomic E-state index is -0.122. The van der Waals surface area contributed by atoms with Crippen molar-refractivity contribution in [1.29, 1.82) is 0 Å². The van der Waals surface area contributed by atoms with Crippen molar-refractivity contribution in [3.8, 4) is 0 Å². The van der Waals surface area contributed by atoms with Crippen LogP contribution < -0.4 is 4.90 Å². The third-order valence-electron chi connectivity index (χ3n) is 3.31. The van der Waals surface area contributed by atoms with Crippen LogP contribution in [-0.4, -0.2) is 16.8 Å². The summed E-state index contributed by atoms with van der Waals surface area (Å²) in [6, 6.07) is 13.7. The highest BCUT2D eigenvalue weighted by molar-refractivity contribution is 6.29. The Morgan fingerprint density at radius 2 is 2.05 bits per heavy atom. The van der Waals surface area contributed by atoms with E-state index in [1.54, 1.807) is 11.1 Å². The van der Waals surface area contributed by atoms with Crippen molar-refractivity contribution >= 4 is 23.2 Å². The lowest BCUT2D eigenvalue weighted by Crippen LogP contribution is -2.31. The van der Waals surface area contributed by atoms with Crippen LogP contribution in [0, 0.1) is 0 Å². The number of alkyl halides is 1. The molecule has 0 aliphatic rings. The number of anilines is 1. The summed E-state index contributed by atoms with van der Waals surface area (Å²) in [6.45, 7) is 4.69. The number of rotatable bonds is 5. The smallest absolute Gasteiger partial charge is 0.242 e. The molecule has 0 fully saturated rings. The minimum absolute atomic E-state index is 0.0429. The highest BCUT2D eigenvalue weighted by Crippen LogP contribution is 2.23. The third kappa shape index (κ3) is 4.05. The van der Waals surface area contributed by atoms with Crippen molar-refractivity contribution in [3.63, 3.8) is 0 Å². The van der Waals surface area contributed by atoms with Crippen LogP contribution in [0.25, 0.3) is 0 Å². The van der Waals surface area contributed by atoms with Gasteiger partial charge in [-0.2, -0.15) is 0 Å². The van der Waals surface area contributed by atoms with Crippen LogP contribution in [0.2, 0.25) is 0 Å². The fourth-order valence-corrected chi connectivity index (χ4v) is 2.25. The van der Waals surface area contributed by atoms with Gasteiger partial charge in [-0.3, -0.25) is 9.78 Å². The molecule has 1 aromatic carbocycles. The minimum Gasteiger partial charge on any atom is -0.305 e. The molecule has 4 heteroatoms. The van der Waals surface area contributed by atoms with Gasteiger partial charge in [-0.05, 0) is 35.7 Å². The molecule has 0 aliphatic carbocycles. The van der Waals surface area contributed by atoms with E-state index in [4.69, 9.17) is 11.6 Å². The molecule has 3 nitrogen and oxygen atoms in total. The van der Waals surface area contributed by atoms with E-state index in [0.29, 0.717) is 12.5 Å². The van der Waals surface area contributed by atoms with E-state index in [-0.39, 0.29) is 11.8 Å². The predicted octanol–water partition coefficient (Wildman–Crippen LogP) is 3.98. The molecule has 0 unspecified atom stereocenters. The fourth-order valence-electron chi connectivity index (χ4n) is 2.10. The molecule has 21 heavy (non-hydrogen) atoms. The van der Waals surface area contributed by atoms with Crippen LogP contribution in [-0.2, 0) is 11.3 Å². The maximum Gasteiger partial charge on any atom is 0.242 e. The van der Waals surface area contributed by atoms with E-state index < -0.39 is 0 Å². The summed E-state index contributed by atoms with van der Waals surface area (Å²) in [5.41, 5.74) is 2.89. The van der Waals surface area contributed by atoms with Crippen molar-refractivity contribution in [2.75, 3.05) is 10.8 Å². The van der Waals surface area contributed by atoms with Crippen LogP contribution >= 0.6 is 11.6 Å². The fraction of sp³-hybridized carbons (Fsp3) is 0.294. The quantitative estimate of drug-likeness (QED) is 0.783. The second kappa shape index (κ2) is 7.23. The number of hydrogen-bond acceptors (Lipinski definition) is 2. The van der Waals surface area contributed by atoms with Crippen molar-refractivity contribution in [1.82, 2.24) is 4.98 Å². The number of aromatic nitrogens is 1. The van der Waals surface area contributed by atoms with Gasteiger partial charge in [0.2, 0.25) is 5.91 Å². The second-order valence-corrected chi connectivity index (χ2v) is 5.45. The zero-order valence-corrected chi connectivity index (χ0v) is 13.0. The van der Waals surface area contributed by atoms with Crippen molar-refractivity contribution < 1.29 is 4.79 Å². The number of benzene rings is 1. The second-order valence-electron chi connectivity index (χ2n) is 5.18. The first-order valence-corrected chi connectivity index (χ1v) is 7.51. The first-order valence-electron chi connectivity index (χ1n) is 6.98. The lowest BCUT2D eigenvalue weighted by atomic mass is 10.0. The van der Waals surface area contributed by atoms with Gasteiger partial charge in [0, 0.05) is 11.9 Å². The summed E-state index contributed by atoms with van der Waals surface area (Å²) >= 11 is 5.75. The Bertz CT molecular complexity index is 599. The van der Waals surface area contributed by atoms with Gasteiger partial charge in [-0.15, -0.1) is 11.6 Å². The molecule has 0 N–H and O–H groups in total. The van der Waals surface area contributed by atoms with Crippen molar-refractivity contribution in [2.24, 2.45) is 0 Å². The summed E-state index contributed by atoms with van der Waals surface area (Å²) in [5.74, 6) is 0.245. The molecule has 0 radical (unpaired) electrons. The maximum atomic E-state index is 12.2. The van der Waals surface area contributed by atoms with Crippen LogP contribution in [0.5, 0.6) is 0 Å². The van der Waals surface area contributed by atoms with Gasteiger partial charge in [0.05, 0.1) is 12.2 Å². The average Bonchev–Trinajstić information content (AvgIpc) is 2.53. The SMILES string of the molecule is CC(C)c1cccc(N(Cc2ccccn2)C(=O)CCl)c1. The monoisotopic (exact) mass is 302 g/mol. The molecule has 1 heterocycles. The predicted molar refractivity (Wildman–Crippen MR) is 86.7 cm³/mol. The van der Waals surface area contributed by atoms with E-state index in [2.05, 4.69) is 24.9 Å². The Kier molecular flexibility index (Phi) is 5.34. The average molecular weight is 303 g/mol. The van der Waals surface area contributed by atoms with Gasteiger partial charge in [-0.25, -0.2) is 0 Å². The van der Waals surface area contributed by atoms with Crippen molar-refractivity contribution in [3.05, 3.63) is 59.9 Å². The molecule has 1 amide bonds. The van der Waals surface area contributed by atoms with Gasteiger partial charge in [0.15, 0.2) is 0 Å². The summed E-state index contributed by atoms with van der Waals surface area (Å²) in [7, 11) is 0. The zero-order chi connectivity index (χ0) is 15.2. The Balaban J connectivity index is 2.32. The van der Waals surface area contributed by atoms with Gasteiger partial charge < -0.3 is 4.90 Å². The number of carbonyl (C=O) groups is 1. The molecular weight excluding hydrogens is 284 g/mol. The summed E-state index contributed by atoms with van der Waals surface area (Å²) in [4.78, 5) is 18.1. The zero-order valence-electron chi connectivity index (χ0n) is 12.3. The molecule has 2 aromatic rings. The number of hydrogen-bond donors (Lipinski definition) is 0. The van der Waals surface area contributed by atoms with E-state index in [1.807, 2.05) is 36.4 Å². The first kappa shape index (κ1) is 15.5. The van der Waals surface area contributed by atoms with E-state index in [9.17, 15) is 4.79 Å². The molecule has 0 aliphatic heterocycles. The first-order chi connectivity index (χ1) is 10.1. The Hall–Kier alpha value is -1.87. The van der Waals surface area contributed by atoms with Gasteiger partial charge in [0.1, 0.15) is 5.88 Å². The maximum absolute atomic E-state index is 12.2. The van der Waals surface area contributed by atoms with Crippen LogP contribution in [0.3, 0.4) is 0 Å². The van der Waals surface area contributed by atoms with E-state index >= 15 is 0 Å². The molecule has 1 aromatic heterocycles. The summed E-state index contributed by atoms with van der Waals surface area (Å²) in [6.07, 6.45) is 1.73. The standard InChI is InChI=1S/C17H19ClN2O/c1-13(2)14-6-5-8-16(10-14)20(17(21)11-18)12-15-7-3-4-9-19-15/h3-10,13H,11-12H2,1-2H3. The molecule has 0 saturated heterocycles. The number of amides is 1. The Morgan fingerprint density at radius 3 is 2.67 bits per heavy atom. The largest absolute Gasteiger partial charge is 0.305 e. The molecule has 110 valence electrons. The van der Waals surface area contributed by atoms with Crippen LogP contribution in [0.4, 0.5) is 5.69 Å². The number of pyridine rings is 1. The summed E-state index contributed by atoms with van der Waals surface area (Å²) in [5, 5.41) is 0. The molecule has 0 spiro atoms. The third-order valence-corrected chi connectivity index (χ3v) is 3.54. The number of halogens is 1. The molecule has 0 saturated carbocycles. The van der Waals surface area contributed by atoms with E-state index in [0.717, 1.165) is 11.4 Å². The number of carbonyl (C=O) groups excluding carboxylic acids is 1. The molecule has 0 atom stereocenters. The number of nitrogens with zero attached hydrogens (tertiary/aromatic N) is 2. The van der Waals surface area contributed by atoms with Gasteiger partial charge in [-0.1, -0.05) is 32.0 Å². The van der Waals surface area contributed by atoms with Crippen LogP contribution in [0.15, 0.2) is 48.7 Å². The lowest BCUT2D eigenvalue weighted by Gasteiger charge is -2.22. The molecule has 2 rings (SSSR count). The van der Waals surface area contributed by atoms with Crippen molar-refractivity contribution in [2.45, 2.75) is 26.3 Å². The summed E-state index contributed by atoms with van der Waals surface area (Å²) < 4.78 is 0. The van der Waals surface area contributed by atoms with Gasteiger partial charge >= 0.3 is 0 Å². The van der Waals surface area contributed by atoms with Crippen LogP contribution in [0.1, 0.15) is 31.0 Å². The Labute approximate surface area is 130 Å². The highest BCUT2D eigenvalue weighted by atomic mass is 35.5. The lowest BCUT2D eigenvalue weighted by molar-refractivity contribution is -0.116. The molecule has 0 bridgehead atoms. The van der Waals surface area contributed by atoms with Gasteiger partial charge in [0.25, 0.3) is 0 Å². The topological polar surface area (TPSA) is 33.2 Å². The normalized spacial score (nSPS) is 10.7. The Morgan fingerprint density at radius 1 is 1.24 bits per heavy atom.